The molecule has 0 aromatic heterocycles. The Hall–Kier alpha value is -3.74. The molecule has 3 aromatic rings. The van der Waals surface area contributed by atoms with Crippen molar-refractivity contribution in [1.29, 1.82) is 0 Å². The number of carbonyl (C=O) groups excluding carboxylic acids is 1. The highest BCUT2D eigenvalue weighted by Gasteiger charge is 2.51. The summed E-state index contributed by atoms with van der Waals surface area (Å²) in [5.41, 5.74) is 1.35. The normalized spacial score (nSPS) is 26.9. The Morgan fingerprint density at radius 1 is 0.949 bits per heavy atom. The summed E-state index contributed by atoms with van der Waals surface area (Å²) in [6.07, 6.45) is -8.01. The van der Waals surface area contributed by atoms with Crippen LogP contribution in [0, 0.1) is 5.41 Å². The molecule has 1 saturated heterocycles. The van der Waals surface area contributed by atoms with E-state index in [1.54, 1.807) is 66.7 Å². The van der Waals surface area contributed by atoms with Crippen LogP contribution in [-0.4, -0.2) is 114 Å². The SMILES string of the molecule is CCCC[C@]1(CC)CS(=O)(=O)c2ccc(N(C)C)cc2[C@@H](c2cccc(NC(=O)NC3O[C@H](COS(=O)(=O)O)[C@@H](OS(=O)(=O)O)[C@H](OCc4ccccc4)[C@H]3O)c2)[C@H]1O. The predicted octanol–water partition coefficient (Wildman–Crippen LogP) is 3.42. The van der Waals surface area contributed by atoms with Crippen molar-refractivity contribution in [3.05, 3.63) is 89.5 Å². The van der Waals surface area contributed by atoms with Crippen molar-refractivity contribution in [3.8, 4) is 0 Å². The van der Waals surface area contributed by atoms with Crippen LogP contribution in [0.3, 0.4) is 0 Å². The second-order valence-corrected chi connectivity index (χ2v) is 19.0. The third-order valence-corrected chi connectivity index (χ3v) is 13.6. The van der Waals surface area contributed by atoms with Gasteiger partial charge < -0.3 is 35.2 Å². The molecule has 2 aliphatic rings. The molecule has 5 rings (SSSR count). The Balaban J connectivity index is 1.47. The first-order valence-corrected chi connectivity index (χ1v) is 23.2. The Morgan fingerprint density at radius 2 is 1.66 bits per heavy atom. The highest BCUT2D eigenvalue weighted by Crippen LogP contribution is 2.49. The molecular weight excluding hydrogens is 835 g/mol. The molecule has 6 N–H and O–H groups in total. The zero-order chi connectivity index (χ0) is 43.3. The van der Waals surface area contributed by atoms with Crippen LogP contribution in [0.1, 0.15) is 62.1 Å². The lowest BCUT2D eigenvalue weighted by Crippen LogP contribution is -2.65. The first-order valence-electron chi connectivity index (χ1n) is 18.8. The van der Waals surface area contributed by atoms with Crippen molar-refractivity contribution in [2.24, 2.45) is 5.41 Å². The molecule has 0 radical (unpaired) electrons. The van der Waals surface area contributed by atoms with Crippen molar-refractivity contribution < 1.29 is 67.2 Å². The molecule has 3 aromatic carbocycles. The van der Waals surface area contributed by atoms with Crippen molar-refractivity contribution in [3.63, 3.8) is 0 Å². The highest BCUT2D eigenvalue weighted by molar-refractivity contribution is 7.91. The largest absolute Gasteiger partial charge is 0.397 e. The van der Waals surface area contributed by atoms with E-state index in [2.05, 4.69) is 14.8 Å². The number of rotatable bonds is 16. The van der Waals surface area contributed by atoms with Crippen molar-refractivity contribution in [1.82, 2.24) is 5.32 Å². The van der Waals surface area contributed by atoms with Gasteiger partial charge in [-0.15, -0.1) is 0 Å². The quantitative estimate of drug-likeness (QED) is 0.113. The second-order valence-electron chi connectivity index (χ2n) is 14.9. The van der Waals surface area contributed by atoms with Crippen LogP contribution in [-0.2, 0) is 55.1 Å². The topological polar surface area (TPSA) is 265 Å². The zero-order valence-electron chi connectivity index (χ0n) is 32.9. The maximum Gasteiger partial charge on any atom is 0.397 e. The minimum absolute atomic E-state index is 0.103. The van der Waals surface area contributed by atoms with Gasteiger partial charge in [-0.05, 0) is 59.9 Å². The summed E-state index contributed by atoms with van der Waals surface area (Å²) in [4.78, 5) is 15.5. The molecule has 2 aliphatic heterocycles. The minimum atomic E-state index is -5.29. The maximum absolute atomic E-state index is 14.1. The van der Waals surface area contributed by atoms with Crippen LogP contribution < -0.4 is 15.5 Å². The number of carbonyl (C=O) groups is 1. The van der Waals surface area contributed by atoms with Crippen LogP contribution in [0.5, 0.6) is 0 Å². The second kappa shape index (κ2) is 18.9. The number of ether oxygens (including phenoxy) is 2. The lowest BCUT2D eigenvalue weighted by atomic mass is 9.69. The number of aliphatic hydroxyl groups excluding tert-OH is 2. The first kappa shape index (κ1) is 46.3. The number of nitrogens with zero attached hydrogens (tertiary/aromatic N) is 1. The van der Waals surface area contributed by atoms with Gasteiger partial charge in [-0.2, -0.15) is 16.8 Å². The number of urea groups is 1. The average molecular weight is 886 g/mol. The number of amides is 2. The molecule has 1 fully saturated rings. The fraction of sp³-hybridized carbons (Fsp3) is 0.500. The smallest absolute Gasteiger partial charge is 0.392 e. The number of aliphatic hydroxyl groups is 2. The summed E-state index contributed by atoms with van der Waals surface area (Å²) in [5.74, 6) is -1.10. The number of hydrogen-bond donors (Lipinski definition) is 6. The number of unbranched alkanes of at least 4 members (excludes halogenated alkanes) is 1. The molecule has 21 heteroatoms. The molecule has 0 saturated carbocycles. The summed E-state index contributed by atoms with van der Waals surface area (Å²) in [5, 5.41) is 28.8. The molecule has 0 aliphatic carbocycles. The van der Waals surface area contributed by atoms with E-state index in [4.69, 9.17) is 13.7 Å². The molecule has 2 heterocycles. The summed E-state index contributed by atoms with van der Waals surface area (Å²) in [6, 6.07) is 18.9. The standard InChI is InChI=1S/C38H51N3O15S3/c1-5-7-18-38(6-2)23-57(45,46)30-17-16-27(41(3)4)20-28(30)31(35(38)43)25-14-11-15-26(19-25)39-37(44)40-36-32(42)34(53-21-24-12-9-8-10-13-24)33(56-59(50,51)52)29(55-36)22-54-58(47,48)49/h8-17,19-20,29,31-36,42-43H,5-7,18,21-23H2,1-4H3,(H2,39,40,44)(H,47,48,49)(H,50,51,52)/t29-,31-,32-,33-,34-,35-,36?,38-/m1/s1. The predicted molar refractivity (Wildman–Crippen MR) is 215 cm³/mol. The molecule has 0 bridgehead atoms. The van der Waals surface area contributed by atoms with Crippen molar-refractivity contribution in [2.45, 2.75) is 93.7 Å². The molecule has 326 valence electrons. The number of anilines is 2. The summed E-state index contributed by atoms with van der Waals surface area (Å²) in [6.45, 7) is 2.50. The molecular formula is C38H51N3O15S3. The van der Waals surface area contributed by atoms with E-state index in [1.807, 2.05) is 32.8 Å². The lowest BCUT2D eigenvalue weighted by molar-refractivity contribution is -0.240. The molecule has 18 nitrogen and oxygen atoms in total. The third-order valence-electron chi connectivity index (χ3n) is 10.7. The number of nitrogens with one attached hydrogen (secondary N) is 2. The average Bonchev–Trinajstić information content (AvgIpc) is 3.23. The molecule has 2 amide bonds. The molecule has 0 spiro atoms. The monoisotopic (exact) mass is 885 g/mol. The van der Waals surface area contributed by atoms with Gasteiger partial charge in [0.15, 0.2) is 16.1 Å². The van der Waals surface area contributed by atoms with Crippen LogP contribution in [0.2, 0.25) is 0 Å². The Kier molecular flexibility index (Phi) is 14.8. The van der Waals surface area contributed by atoms with E-state index in [1.165, 1.54) is 6.07 Å². The molecule has 8 atom stereocenters. The van der Waals surface area contributed by atoms with E-state index in [-0.39, 0.29) is 22.9 Å². The van der Waals surface area contributed by atoms with Gasteiger partial charge in [-0.3, -0.25) is 9.11 Å². The first-order chi connectivity index (χ1) is 27.7. The van der Waals surface area contributed by atoms with E-state index in [9.17, 15) is 49.4 Å². The summed E-state index contributed by atoms with van der Waals surface area (Å²) >= 11 is 0. The highest BCUT2D eigenvalue weighted by atomic mass is 32.3. The van der Waals surface area contributed by atoms with Crippen LogP contribution in [0.4, 0.5) is 16.2 Å². The van der Waals surface area contributed by atoms with E-state index < -0.39 is 91.4 Å². The molecule has 59 heavy (non-hydrogen) atoms. The minimum Gasteiger partial charge on any atom is -0.392 e. The van der Waals surface area contributed by atoms with Gasteiger partial charge in [-0.25, -0.2) is 21.6 Å². The summed E-state index contributed by atoms with van der Waals surface area (Å²) in [7, 11) is -10.7. The van der Waals surface area contributed by atoms with E-state index >= 15 is 0 Å². The van der Waals surface area contributed by atoms with Gasteiger partial charge in [-0.1, -0.05) is 69.2 Å². The van der Waals surface area contributed by atoms with E-state index in [0.29, 0.717) is 41.6 Å². The van der Waals surface area contributed by atoms with Gasteiger partial charge in [0, 0.05) is 36.8 Å². The summed E-state index contributed by atoms with van der Waals surface area (Å²) < 4.78 is 114. The van der Waals surface area contributed by atoms with Gasteiger partial charge in [0.1, 0.15) is 24.4 Å². The zero-order valence-corrected chi connectivity index (χ0v) is 35.3. The number of hydrogen-bond acceptors (Lipinski definition) is 14. The van der Waals surface area contributed by atoms with Crippen molar-refractivity contribution >= 4 is 48.0 Å². The van der Waals surface area contributed by atoms with E-state index in [0.717, 1.165) is 6.42 Å². The van der Waals surface area contributed by atoms with Gasteiger partial charge in [0.05, 0.1) is 30.0 Å². The van der Waals surface area contributed by atoms with Crippen LogP contribution in [0.15, 0.2) is 77.7 Å². The van der Waals surface area contributed by atoms with Gasteiger partial charge >= 0.3 is 26.8 Å². The Morgan fingerprint density at radius 3 is 2.29 bits per heavy atom. The van der Waals surface area contributed by atoms with Gasteiger partial charge in [0.25, 0.3) is 0 Å². The maximum atomic E-state index is 14.1. The third kappa shape index (κ3) is 11.6. The Labute approximate surface area is 344 Å². The van der Waals surface area contributed by atoms with Crippen LogP contribution in [0.25, 0.3) is 0 Å². The lowest BCUT2D eigenvalue weighted by Gasteiger charge is -2.43. The Bertz CT molecular complexity index is 2260. The van der Waals surface area contributed by atoms with Crippen molar-refractivity contribution in [2.75, 3.05) is 36.7 Å². The fourth-order valence-electron chi connectivity index (χ4n) is 7.66. The molecule has 1 unspecified atom stereocenters. The number of benzene rings is 3. The number of fused-ring (bicyclic) bond motifs is 1. The fourth-order valence-corrected chi connectivity index (χ4v) is 10.7. The number of sulfone groups is 1. The van der Waals surface area contributed by atoms with Gasteiger partial charge in [0.2, 0.25) is 0 Å². The van der Waals surface area contributed by atoms with Crippen LogP contribution >= 0.6 is 0 Å².